The minimum Gasteiger partial charge on any atom is -0.450 e. The smallest absolute Gasteiger partial charge is 0.329 e. The van der Waals surface area contributed by atoms with Crippen LogP contribution in [0.4, 0.5) is 0 Å². The molecule has 0 radical (unpaired) electrons. The van der Waals surface area contributed by atoms with Crippen LogP contribution in [0.2, 0.25) is 0 Å². The highest BCUT2D eigenvalue weighted by Crippen LogP contribution is 2.25. The Labute approximate surface area is 567 Å². The first-order valence-corrected chi connectivity index (χ1v) is 34.1. The molecule has 0 bridgehead atoms. The van der Waals surface area contributed by atoms with Gasteiger partial charge in [-0.15, -0.1) is 0 Å². The summed E-state index contributed by atoms with van der Waals surface area (Å²) in [6.07, 6.45) is -3.67. The monoisotopic (exact) mass is 1340 g/mol. The van der Waals surface area contributed by atoms with Gasteiger partial charge in [-0.05, 0) is 119 Å². The van der Waals surface area contributed by atoms with Crippen molar-refractivity contribution in [2.45, 2.75) is 235 Å². The molecule has 1 aromatic carbocycles. The van der Waals surface area contributed by atoms with Crippen LogP contribution in [0.5, 0.6) is 0 Å². The summed E-state index contributed by atoms with van der Waals surface area (Å²) in [5.41, 5.74) is 1.01. The van der Waals surface area contributed by atoms with Gasteiger partial charge in [0.2, 0.25) is 47.3 Å². The summed E-state index contributed by atoms with van der Waals surface area (Å²) in [5, 5.41) is 38.1. The number of nitrogens with one attached hydrogen (secondary N) is 5. The second-order valence-electron chi connectivity index (χ2n) is 29.4. The Morgan fingerprint density at radius 2 is 0.937 bits per heavy atom. The largest absolute Gasteiger partial charge is 0.450 e. The number of nitrogens with zero attached hydrogens (tertiary/aromatic N) is 6. The lowest BCUT2D eigenvalue weighted by Crippen LogP contribution is -2.64. The van der Waals surface area contributed by atoms with Crippen molar-refractivity contribution in [3.63, 3.8) is 0 Å². The quantitative estimate of drug-likeness (QED) is 0.0725. The predicted molar refractivity (Wildman–Crippen MR) is 365 cm³/mol. The maximum Gasteiger partial charge on any atom is 0.329 e. The van der Waals surface area contributed by atoms with E-state index in [0.717, 1.165) is 15.4 Å². The van der Waals surface area contributed by atoms with E-state index < -0.39 is 162 Å². The van der Waals surface area contributed by atoms with Crippen LogP contribution < -0.4 is 26.6 Å². The molecule has 7 N–H and O–H groups in total. The molecule has 0 spiro atoms. The number of ether oxygens (including phenoxy) is 1. The third-order valence-electron chi connectivity index (χ3n) is 17.4. The van der Waals surface area contributed by atoms with Crippen LogP contribution in [0, 0.1) is 47.3 Å². The Hall–Kier alpha value is -6.57. The summed E-state index contributed by atoms with van der Waals surface area (Å²) in [5.74, 6) is -11.1. The van der Waals surface area contributed by atoms with E-state index in [-0.39, 0.29) is 68.2 Å². The number of carbonyl (C=O) groups is 11. The fourth-order valence-electron chi connectivity index (χ4n) is 11.9. The lowest BCUT2D eigenvalue weighted by molar-refractivity contribution is -0.166. The molecule has 25 nitrogen and oxygen atoms in total. The predicted octanol–water partition coefficient (Wildman–Crippen LogP) is 3.61. The molecule has 1 saturated heterocycles. The standard InChI is InChI=1S/C70H121N11O14/c1-39(2)31-51-65(89)78(20)54(34-42(7)8)62(86)72-47(16)70(94)95-60(45(13)14)69(93)79(21)55(35-43(9)10)63(87)74-52(32-40(3)4)66(90)80(22)57(44(11)12)68(92)81(23)58(59(84)46(15)29-30-71-36-49-27-25-24-26-28-49)64(88)75-56(48(17)82)67(91)77(19)38-50(83)37-76(18)53(33-41(5)6)61(85)73-51/h24-28,39-48,51-60,71,82,84H,29-38H2,1-23H3,(H,72,86)(H,73,85)(H,74,87)(H,75,88)/t46-,47+,48-,51+,52+,53+,54+,55+,56+,57+,58+,59-,60-/m1/s1. The Bertz CT molecular complexity index is 2690. The summed E-state index contributed by atoms with van der Waals surface area (Å²) >= 11 is 0. The number of ketones is 1. The number of cyclic esters (lactones) is 1. The molecule has 1 fully saturated rings. The second-order valence-corrected chi connectivity index (χ2v) is 29.4. The first-order valence-electron chi connectivity index (χ1n) is 34.1. The number of aliphatic hydroxyl groups is 2. The molecule has 2 rings (SSSR count). The first kappa shape index (κ1) is 84.5. The number of carbonyl (C=O) groups excluding carboxylic acids is 11. The van der Waals surface area contributed by atoms with Crippen LogP contribution in [0.25, 0.3) is 0 Å². The van der Waals surface area contributed by atoms with E-state index in [4.69, 9.17) is 4.74 Å². The van der Waals surface area contributed by atoms with Crippen molar-refractivity contribution in [2.24, 2.45) is 47.3 Å². The number of benzene rings is 1. The van der Waals surface area contributed by atoms with Crippen molar-refractivity contribution < 1.29 is 67.7 Å². The number of amides is 9. The number of likely N-dealkylation sites (N-methyl/N-ethyl adjacent to an activating group) is 6. The average Bonchev–Trinajstić information content (AvgIpc) is 0.814. The van der Waals surface area contributed by atoms with Crippen molar-refractivity contribution in [3.05, 3.63) is 35.9 Å². The van der Waals surface area contributed by atoms with E-state index in [1.165, 1.54) is 68.7 Å². The third kappa shape index (κ3) is 26.1. The molecule has 1 heterocycles. The number of hydrogen-bond acceptors (Lipinski definition) is 16. The Morgan fingerprint density at radius 3 is 1.40 bits per heavy atom. The summed E-state index contributed by atoms with van der Waals surface area (Å²) in [7, 11) is 8.40. The van der Waals surface area contributed by atoms with Gasteiger partial charge in [-0.2, -0.15) is 0 Å². The number of esters is 1. The number of Topliss-reactive ketones (excluding diaryl/α,β-unsaturated/α-hetero) is 1. The van der Waals surface area contributed by atoms with E-state index in [2.05, 4.69) is 26.6 Å². The van der Waals surface area contributed by atoms with Crippen molar-refractivity contribution >= 4 is 64.9 Å². The third-order valence-corrected chi connectivity index (χ3v) is 17.4. The molecule has 9 amide bonds. The zero-order valence-corrected chi connectivity index (χ0v) is 61.5. The van der Waals surface area contributed by atoms with Crippen molar-refractivity contribution in [1.29, 1.82) is 0 Å². The zero-order chi connectivity index (χ0) is 72.8. The van der Waals surface area contributed by atoms with Gasteiger partial charge in [0, 0.05) is 41.8 Å². The molecule has 25 heteroatoms. The molecule has 0 aliphatic carbocycles. The van der Waals surface area contributed by atoms with Crippen molar-refractivity contribution in [2.75, 3.05) is 61.9 Å². The molecular formula is C70H121N11O14. The topological polar surface area (TPSA) is 317 Å². The highest BCUT2D eigenvalue weighted by atomic mass is 16.6. The number of aliphatic hydroxyl groups excluding tert-OH is 2. The summed E-state index contributed by atoms with van der Waals surface area (Å²) in [6, 6.07) is -2.35. The van der Waals surface area contributed by atoms with Crippen LogP contribution in [-0.2, 0) is 64.0 Å². The summed E-state index contributed by atoms with van der Waals surface area (Å²) in [4.78, 5) is 169. The fourth-order valence-corrected chi connectivity index (χ4v) is 11.9. The van der Waals surface area contributed by atoms with Crippen molar-refractivity contribution in [1.82, 2.24) is 56.0 Å². The van der Waals surface area contributed by atoms with Crippen LogP contribution in [-0.4, -0.2) is 239 Å². The molecule has 1 aromatic rings. The highest BCUT2D eigenvalue weighted by molar-refractivity contribution is 5.99. The van der Waals surface area contributed by atoms with Gasteiger partial charge in [-0.1, -0.05) is 134 Å². The Balaban J connectivity index is 2.98. The SMILES string of the molecule is CC(C)C[C@@H]1NC(=O)[C@H](CC(C)C)N(C)C(=O)[C@@H](C(C)C)OC(=O)[C@H](C)NC(=O)[C@H](CC(C)C)N(C)C(=O)[C@H](CC(C)C)NC(=O)[C@H](CC(C)C)N(C)CC(=O)CN(C)C(=O)[C@H]([C@@H](C)O)NC(=O)[C@H]([C@H](O)[C@H](C)CCNCc2ccccc2)N(C)C(=O)[C@H](C(C)C)N(C)C1=O. The molecule has 0 saturated carbocycles. The van der Waals surface area contributed by atoms with Gasteiger partial charge in [0.25, 0.3) is 5.91 Å². The van der Waals surface area contributed by atoms with Gasteiger partial charge in [0.05, 0.1) is 31.3 Å². The lowest BCUT2D eigenvalue weighted by atomic mass is 9.91. The summed E-state index contributed by atoms with van der Waals surface area (Å²) in [6.45, 7) is 29.6. The van der Waals surface area contributed by atoms with Gasteiger partial charge in [-0.3, -0.25) is 52.8 Å². The molecule has 1 aliphatic heterocycles. The van der Waals surface area contributed by atoms with Crippen LogP contribution in [0.15, 0.2) is 30.3 Å². The van der Waals surface area contributed by atoms with Gasteiger partial charge in [0.15, 0.2) is 11.9 Å². The lowest BCUT2D eigenvalue weighted by Gasteiger charge is -2.40. The molecule has 540 valence electrons. The van der Waals surface area contributed by atoms with Crippen molar-refractivity contribution in [3.8, 4) is 0 Å². The Kier molecular flexibility index (Phi) is 35.2. The highest BCUT2D eigenvalue weighted by Gasteiger charge is 2.46. The fraction of sp³-hybridized carbons (Fsp3) is 0.757. The maximum atomic E-state index is 15.3. The van der Waals surface area contributed by atoms with Crippen LogP contribution >= 0.6 is 0 Å². The summed E-state index contributed by atoms with van der Waals surface area (Å²) < 4.78 is 5.92. The van der Waals surface area contributed by atoms with E-state index in [1.807, 2.05) is 99.6 Å². The second kappa shape index (κ2) is 39.6. The van der Waals surface area contributed by atoms with Gasteiger partial charge in [-0.25, -0.2) is 4.79 Å². The number of hydrogen-bond donors (Lipinski definition) is 7. The van der Waals surface area contributed by atoms with E-state index in [9.17, 15) is 48.6 Å². The Morgan fingerprint density at radius 1 is 0.495 bits per heavy atom. The van der Waals surface area contributed by atoms with Gasteiger partial charge < -0.3 is 66.0 Å². The van der Waals surface area contributed by atoms with E-state index in [1.54, 1.807) is 41.7 Å². The first-order chi connectivity index (χ1) is 44.0. The van der Waals surface area contributed by atoms with Crippen LogP contribution in [0.1, 0.15) is 162 Å². The normalized spacial score (nSPS) is 25.8. The minimum atomic E-state index is -1.75. The van der Waals surface area contributed by atoms with Gasteiger partial charge >= 0.3 is 5.97 Å². The zero-order valence-electron chi connectivity index (χ0n) is 61.5. The van der Waals surface area contributed by atoms with E-state index >= 15 is 14.4 Å². The van der Waals surface area contributed by atoms with Crippen LogP contribution in [0.3, 0.4) is 0 Å². The minimum absolute atomic E-state index is 0.0758. The maximum absolute atomic E-state index is 15.3. The molecule has 95 heavy (non-hydrogen) atoms. The number of rotatable bonds is 20. The molecule has 13 atom stereocenters. The molecule has 0 aromatic heterocycles. The average molecular weight is 1340 g/mol. The molecule has 1 aliphatic rings. The van der Waals surface area contributed by atoms with Gasteiger partial charge in [0.1, 0.15) is 48.3 Å². The molecule has 0 unspecified atom stereocenters. The molecular weight excluding hydrogens is 1220 g/mol. The van der Waals surface area contributed by atoms with E-state index in [0.29, 0.717) is 19.5 Å².